The molecule has 2 aliphatic heterocycles. The van der Waals surface area contributed by atoms with Gasteiger partial charge in [0, 0.05) is 48.3 Å². The third-order valence-electron chi connectivity index (χ3n) is 6.68. The van der Waals surface area contributed by atoms with E-state index in [1.54, 1.807) is 24.3 Å². The lowest BCUT2D eigenvalue weighted by Gasteiger charge is -2.50. The monoisotopic (exact) mass is 553 g/mol. The number of benzene rings is 1. The molecule has 13 heteroatoms. The zero-order chi connectivity index (χ0) is 27.5. The molecule has 0 bridgehead atoms. The van der Waals surface area contributed by atoms with Crippen LogP contribution in [0.5, 0.6) is 0 Å². The maximum Gasteiger partial charge on any atom is 0.389 e. The number of aromatic nitrogens is 2. The molecule has 1 aromatic carbocycles. The van der Waals surface area contributed by atoms with Crippen LogP contribution in [0, 0.1) is 12.8 Å². The lowest BCUT2D eigenvalue weighted by Crippen LogP contribution is -2.65. The Morgan fingerprint density at radius 2 is 2.00 bits per heavy atom. The number of aryl methyl sites for hydroxylation is 1. The molecule has 2 unspecified atom stereocenters. The van der Waals surface area contributed by atoms with Crippen LogP contribution in [0.4, 0.5) is 29.1 Å². The predicted octanol–water partition coefficient (Wildman–Crippen LogP) is 5.76. The van der Waals surface area contributed by atoms with Crippen LogP contribution >= 0.6 is 11.8 Å². The molecule has 1 saturated heterocycles. The summed E-state index contributed by atoms with van der Waals surface area (Å²) in [6.07, 6.45) is -5.21. The van der Waals surface area contributed by atoms with Gasteiger partial charge in [0.2, 0.25) is 5.91 Å². The second-order valence-corrected chi connectivity index (χ2v) is 10.8. The molecule has 0 spiro atoms. The van der Waals surface area contributed by atoms with Gasteiger partial charge < -0.3 is 10.6 Å². The van der Waals surface area contributed by atoms with E-state index in [2.05, 4.69) is 25.8 Å². The number of aromatic amines is 1. The first kappa shape index (κ1) is 28.1. The number of amides is 1. The highest BCUT2D eigenvalue weighted by Gasteiger charge is 2.49. The van der Waals surface area contributed by atoms with Crippen LogP contribution in [0.2, 0.25) is 0 Å². The highest BCUT2D eigenvalue weighted by atomic mass is 32.2. The molecular formula is C25H31F4N7OS. The number of hydrogen-bond donors (Lipinski definition) is 3. The maximum absolute atomic E-state index is 15.2. The molecule has 2 atom stereocenters. The Labute approximate surface area is 222 Å². The number of nitrogens with zero attached hydrogens (tertiary/aromatic N) is 4. The minimum absolute atomic E-state index is 0.0362. The fraction of sp³-hybridized carbons (Fsp3) is 0.520. The standard InChI is InChI=1S/C25H31F4N7OS/c1-4-15(2)24(26)13-36(14-24)21-12-19(31-20-11-16(3)34-35-20)32-23(33-21)38-18-7-5-17(6-8-18)30-22(37)9-10-25(27,28)29/h5-8,11,15,21H,4,9-10,12-14H2,1-3H3,(H,30,37)(H2,31,32,33,34,35). The van der Waals surface area contributed by atoms with Crippen molar-refractivity contribution in [2.24, 2.45) is 15.9 Å². The fourth-order valence-electron chi connectivity index (χ4n) is 4.21. The van der Waals surface area contributed by atoms with Gasteiger partial charge >= 0.3 is 6.18 Å². The van der Waals surface area contributed by atoms with Gasteiger partial charge in [-0.3, -0.25) is 14.8 Å². The summed E-state index contributed by atoms with van der Waals surface area (Å²) >= 11 is 1.30. The van der Waals surface area contributed by atoms with E-state index >= 15 is 4.39 Å². The van der Waals surface area contributed by atoms with E-state index in [4.69, 9.17) is 4.99 Å². The van der Waals surface area contributed by atoms with Crippen LogP contribution in [0.1, 0.15) is 45.2 Å². The Morgan fingerprint density at radius 1 is 1.29 bits per heavy atom. The third-order valence-corrected chi connectivity index (χ3v) is 7.56. The fourth-order valence-corrected chi connectivity index (χ4v) is 5.03. The third kappa shape index (κ3) is 7.34. The Kier molecular flexibility index (Phi) is 8.46. The van der Waals surface area contributed by atoms with Crippen molar-refractivity contribution >= 4 is 40.2 Å². The van der Waals surface area contributed by atoms with Gasteiger partial charge in [0.05, 0.1) is 6.42 Å². The normalized spacial score (nSPS) is 20.2. The number of carbonyl (C=O) groups is 1. The molecule has 2 aromatic rings. The molecule has 3 heterocycles. The minimum Gasteiger partial charge on any atom is -0.327 e. The summed E-state index contributed by atoms with van der Waals surface area (Å²) in [6, 6.07) is 8.55. The number of aliphatic imine (C=N–C) groups is 2. The number of amidine groups is 2. The molecule has 2 aliphatic rings. The lowest BCUT2D eigenvalue weighted by atomic mass is 9.81. The first-order valence-electron chi connectivity index (χ1n) is 12.4. The zero-order valence-corrected chi connectivity index (χ0v) is 22.2. The first-order chi connectivity index (χ1) is 17.9. The molecule has 3 N–H and O–H groups in total. The number of likely N-dealkylation sites (tertiary alicyclic amines) is 1. The van der Waals surface area contributed by atoms with Crippen molar-refractivity contribution in [3.8, 4) is 0 Å². The number of carbonyl (C=O) groups excluding carboxylic acids is 1. The number of halogens is 4. The van der Waals surface area contributed by atoms with Crippen LogP contribution in [0.3, 0.4) is 0 Å². The zero-order valence-electron chi connectivity index (χ0n) is 21.4. The molecule has 8 nitrogen and oxygen atoms in total. The first-order valence-corrected chi connectivity index (χ1v) is 13.3. The maximum atomic E-state index is 15.2. The van der Waals surface area contributed by atoms with Gasteiger partial charge in [-0.2, -0.15) is 18.3 Å². The molecule has 0 saturated carbocycles. The Morgan fingerprint density at radius 3 is 2.61 bits per heavy atom. The van der Waals surface area contributed by atoms with E-state index in [-0.39, 0.29) is 12.1 Å². The van der Waals surface area contributed by atoms with E-state index in [1.807, 2.05) is 31.7 Å². The van der Waals surface area contributed by atoms with Crippen molar-refractivity contribution < 1.29 is 22.4 Å². The molecule has 1 amide bonds. The summed E-state index contributed by atoms with van der Waals surface area (Å²) in [5.41, 5.74) is 0.0712. The van der Waals surface area contributed by atoms with Gasteiger partial charge in [-0.25, -0.2) is 14.4 Å². The van der Waals surface area contributed by atoms with Crippen molar-refractivity contribution in [3.63, 3.8) is 0 Å². The highest BCUT2D eigenvalue weighted by molar-refractivity contribution is 8.14. The second kappa shape index (κ2) is 11.4. The number of H-pyrrole nitrogens is 1. The summed E-state index contributed by atoms with van der Waals surface area (Å²) in [5, 5.41) is 13.3. The summed E-state index contributed by atoms with van der Waals surface area (Å²) in [7, 11) is 0. The van der Waals surface area contributed by atoms with Crippen LogP contribution in [-0.2, 0) is 4.79 Å². The van der Waals surface area contributed by atoms with Gasteiger partial charge in [-0.1, -0.05) is 32.0 Å². The van der Waals surface area contributed by atoms with Crippen molar-refractivity contribution in [1.82, 2.24) is 15.1 Å². The van der Waals surface area contributed by atoms with E-state index in [1.165, 1.54) is 11.8 Å². The number of nitrogens with one attached hydrogen (secondary N) is 3. The summed E-state index contributed by atoms with van der Waals surface area (Å²) in [6.45, 7) is 6.43. The van der Waals surface area contributed by atoms with E-state index < -0.39 is 30.6 Å². The van der Waals surface area contributed by atoms with Gasteiger partial charge in [-0.05, 0) is 37.1 Å². The van der Waals surface area contributed by atoms with Crippen molar-refractivity contribution in [1.29, 1.82) is 0 Å². The van der Waals surface area contributed by atoms with Crippen LogP contribution in [-0.4, -0.2) is 63.1 Å². The molecule has 0 radical (unpaired) electrons. The number of hydrogen-bond acceptors (Lipinski definition) is 7. The van der Waals surface area contributed by atoms with Gasteiger partial charge in [0.25, 0.3) is 0 Å². The Hall–Kier alpha value is -2.93. The summed E-state index contributed by atoms with van der Waals surface area (Å²) in [4.78, 5) is 24.0. The lowest BCUT2D eigenvalue weighted by molar-refractivity contribution is -0.142. The average Bonchev–Trinajstić information content (AvgIpc) is 3.25. The van der Waals surface area contributed by atoms with Crippen molar-refractivity contribution in [3.05, 3.63) is 36.0 Å². The van der Waals surface area contributed by atoms with E-state index in [0.29, 0.717) is 42.0 Å². The average molecular weight is 554 g/mol. The van der Waals surface area contributed by atoms with E-state index in [9.17, 15) is 18.0 Å². The second-order valence-electron chi connectivity index (χ2n) is 9.75. The molecule has 1 aromatic heterocycles. The number of rotatable bonds is 8. The number of thioether (sulfide) groups is 1. The predicted molar refractivity (Wildman–Crippen MR) is 141 cm³/mol. The highest BCUT2D eigenvalue weighted by Crippen LogP contribution is 2.38. The largest absolute Gasteiger partial charge is 0.389 e. The number of anilines is 2. The molecule has 38 heavy (non-hydrogen) atoms. The topological polar surface area (TPSA) is 97.8 Å². The molecule has 206 valence electrons. The van der Waals surface area contributed by atoms with Crippen molar-refractivity contribution in [2.45, 2.75) is 69.4 Å². The van der Waals surface area contributed by atoms with Crippen molar-refractivity contribution in [2.75, 3.05) is 23.7 Å². The molecule has 0 aliphatic carbocycles. The number of alkyl halides is 4. The molecule has 4 rings (SSSR count). The van der Waals surface area contributed by atoms with Crippen LogP contribution in [0.15, 0.2) is 45.2 Å². The van der Waals surface area contributed by atoms with E-state index in [0.717, 1.165) is 17.0 Å². The van der Waals surface area contributed by atoms with Crippen LogP contribution < -0.4 is 10.6 Å². The molecular weight excluding hydrogens is 522 g/mol. The quantitative estimate of drug-likeness (QED) is 0.361. The Bertz CT molecular complexity index is 1190. The van der Waals surface area contributed by atoms with Gasteiger partial charge in [0.15, 0.2) is 11.0 Å². The van der Waals surface area contributed by atoms with Gasteiger partial charge in [-0.15, -0.1) is 0 Å². The summed E-state index contributed by atoms with van der Waals surface area (Å²) < 4.78 is 52.2. The smallest absolute Gasteiger partial charge is 0.327 e. The van der Waals surface area contributed by atoms with Crippen LogP contribution in [0.25, 0.3) is 0 Å². The SMILES string of the molecule is CCC(C)C1(F)CN(C2CC(Nc3cc(C)[nH]n3)=NC(Sc3ccc(NC(=O)CCC(F)(F)F)cc3)=N2)C1. The minimum atomic E-state index is -4.38. The Balaban J connectivity index is 1.43. The molecule has 1 fully saturated rings. The van der Waals surface area contributed by atoms with Gasteiger partial charge in [0.1, 0.15) is 17.7 Å². The summed E-state index contributed by atoms with van der Waals surface area (Å²) in [5.74, 6) is 0.547.